The summed E-state index contributed by atoms with van der Waals surface area (Å²) in [5, 5.41) is 0. The van der Waals surface area contributed by atoms with Gasteiger partial charge < -0.3 is 9.47 Å². The molecule has 1 aliphatic heterocycles. The lowest BCUT2D eigenvalue weighted by molar-refractivity contribution is -0.182. The zero-order valence-electron chi connectivity index (χ0n) is 9.28. The number of rotatable bonds is 3. The van der Waals surface area contributed by atoms with Crippen molar-refractivity contribution in [1.82, 2.24) is 0 Å². The second-order valence-electron chi connectivity index (χ2n) is 4.45. The molecular weight excluding hydrogens is 188 g/mol. The Labute approximate surface area is 92.0 Å². The Morgan fingerprint density at radius 3 is 2.47 bits per heavy atom. The van der Waals surface area contributed by atoms with E-state index in [4.69, 9.17) is 9.47 Å². The zero-order valence-corrected chi connectivity index (χ0v) is 9.28. The first-order valence-electron chi connectivity index (χ1n) is 5.90. The lowest BCUT2D eigenvalue weighted by Gasteiger charge is -2.35. The molecule has 2 aliphatic rings. The fourth-order valence-electron chi connectivity index (χ4n) is 2.51. The molecule has 15 heavy (non-hydrogen) atoms. The van der Waals surface area contributed by atoms with Gasteiger partial charge >= 0.3 is 0 Å². The first-order valence-corrected chi connectivity index (χ1v) is 5.90. The number of allylic oxidation sites excluding steroid dienone is 3. The van der Waals surface area contributed by atoms with Gasteiger partial charge in [0, 0.05) is 12.8 Å². The Hall–Kier alpha value is -0.600. The van der Waals surface area contributed by atoms with Gasteiger partial charge in [0.25, 0.3) is 0 Å². The lowest BCUT2D eigenvalue weighted by atomic mass is 9.83. The Bertz CT molecular complexity index is 229. The van der Waals surface area contributed by atoms with Gasteiger partial charge in [-0.25, -0.2) is 0 Å². The van der Waals surface area contributed by atoms with Crippen LogP contribution in [0.4, 0.5) is 0 Å². The molecule has 1 saturated heterocycles. The lowest BCUT2D eigenvalue weighted by Crippen LogP contribution is -2.35. The molecule has 1 aliphatic carbocycles. The average Bonchev–Trinajstić information content (AvgIpc) is 2.71. The molecule has 0 bridgehead atoms. The van der Waals surface area contributed by atoms with Crippen molar-refractivity contribution in [3.05, 3.63) is 24.8 Å². The van der Waals surface area contributed by atoms with E-state index in [0.29, 0.717) is 0 Å². The van der Waals surface area contributed by atoms with E-state index in [1.165, 1.54) is 19.3 Å². The zero-order chi connectivity index (χ0) is 10.6. The van der Waals surface area contributed by atoms with Gasteiger partial charge in [-0.05, 0) is 25.2 Å². The summed E-state index contributed by atoms with van der Waals surface area (Å²) in [6, 6.07) is 0. The molecule has 0 atom stereocenters. The van der Waals surface area contributed by atoms with E-state index >= 15 is 0 Å². The maximum absolute atomic E-state index is 5.70. The maximum Gasteiger partial charge on any atom is 0.168 e. The van der Waals surface area contributed by atoms with Gasteiger partial charge in [-0.3, -0.25) is 0 Å². The third-order valence-electron chi connectivity index (χ3n) is 3.42. The van der Waals surface area contributed by atoms with Crippen molar-refractivity contribution in [1.29, 1.82) is 0 Å². The largest absolute Gasteiger partial charge is 0.348 e. The maximum atomic E-state index is 5.70. The van der Waals surface area contributed by atoms with Crippen LogP contribution >= 0.6 is 0 Å². The van der Waals surface area contributed by atoms with Crippen LogP contribution in [0.1, 0.15) is 32.1 Å². The minimum absolute atomic E-state index is 0.196. The fraction of sp³-hybridized carbons (Fsp3) is 0.692. The molecule has 2 nitrogen and oxygen atoms in total. The third kappa shape index (κ3) is 2.70. The minimum atomic E-state index is -0.196. The normalized spacial score (nSPS) is 26.4. The summed E-state index contributed by atoms with van der Waals surface area (Å²) >= 11 is 0. The van der Waals surface area contributed by atoms with Gasteiger partial charge in [0.05, 0.1) is 13.2 Å². The van der Waals surface area contributed by atoms with Crippen molar-refractivity contribution in [2.24, 2.45) is 5.92 Å². The minimum Gasteiger partial charge on any atom is -0.348 e. The highest BCUT2D eigenvalue weighted by Gasteiger charge is 2.39. The van der Waals surface area contributed by atoms with Gasteiger partial charge in [0.15, 0.2) is 5.79 Å². The van der Waals surface area contributed by atoms with Crippen LogP contribution in [0, 0.1) is 5.92 Å². The summed E-state index contributed by atoms with van der Waals surface area (Å²) in [6.07, 6.45) is 11.8. The van der Waals surface area contributed by atoms with Crippen LogP contribution in [0.15, 0.2) is 24.8 Å². The molecule has 2 rings (SSSR count). The van der Waals surface area contributed by atoms with Crippen LogP contribution in [0.5, 0.6) is 0 Å². The van der Waals surface area contributed by atoms with Crippen LogP contribution < -0.4 is 0 Å². The molecule has 1 heterocycles. The standard InChI is InChI=1S/C13H20O2/c1-2-3-4-5-12-6-8-13(9-7-12)14-10-11-15-13/h2-4,12H,1,5-11H2/b4-3+. The smallest absolute Gasteiger partial charge is 0.168 e. The number of hydrogen-bond donors (Lipinski definition) is 0. The molecule has 0 N–H and O–H groups in total. The van der Waals surface area contributed by atoms with Crippen LogP contribution in [0.3, 0.4) is 0 Å². The second kappa shape index (κ2) is 4.95. The summed E-state index contributed by atoms with van der Waals surface area (Å²) in [7, 11) is 0. The van der Waals surface area contributed by atoms with Crippen molar-refractivity contribution in [3.8, 4) is 0 Å². The van der Waals surface area contributed by atoms with E-state index in [9.17, 15) is 0 Å². The molecule has 0 aromatic rings. The molecule has 0 aromatic carbocycles. The van der Waals surface area contributed by atoms with Crippen LogP contribution in [-0.4, -0.2) is 19.0 Å². The molecular formula is C13H20O2. The molecule has 0 unspecified atom stereocenters. The molecule has 1 spiro atoms. The second-order valence-corrected chi connectivity index (χ2v) is 4.45. The average molecular weight is 208 g/mol. The predicted octanol–water partition coefficient (Wildman–Crippen LogP) is 3.05. The van der Waals surface area contributed by atoms with Crippen LogP contribution in [0.2, 0.25) is 0 Å². The molecule has 0 radical (unpaired) electrons. The number of ether oxygens (including phenoxy) is 2. The topological polar surface area (TPSA) is 18.5 Å². The summed E-state index contributed by atoms with van der Waals surface area (Å²) in [6.45, 7) is 5.23. The third-order valence-corrected chi connectivity index (χ3v) is 3.42. The Kier molecular flexibility index (Phi) is 3.60. The van der Waals surface area contributed by atoms with E-state index < -0.39 is 0 Å². The Morgan fingerprint density at radius 1 is 1.20 bits per heavy atom. The SMILES string of the molecule is C=C/C=C/CC1CCC2(CC1)OCCO2. The molecule has 84 valence electrons. The van der Waals surface area contributed by atoms with Crippen molar-refractivity contribution in [2.45, 2.75) is 37.9 Å². The van der Waals surface area contributed by atoms with E-state index in [2.05, 4.69) is 12.7 Å². The highest BCUT2D eigenvalue weighted by molar-refractivity contribution is 4.98. The first kappa shape index (κ1) is 10.9. The highest BCUT2D eigenvalue weighted by Crippen LogP contribution is 2.39. The summed E-state index contributed by atoms with van der Waals surface area (Å²) in [5.41, 5.74) is 0. The van der Waals surface area contributed by atoms with Crippen molar-refractivity contribution >= 4 is 0 Å². The molecule has 2 heteroatoms. The Morgan fingerprint density at radius 2 is 1.87 bits per heavy atom. The number of hydrogen-bond acceptors (Lipinski definition) is 2. The first-order chi connectivity index (χ1) is 7.35. The van der Waals surface area contributed by atoms with E-state index in [0.717, 1.165) is 32.0 Å². The van der Waals surface area contributed by atoms with Gasteiger partial charge in [0.1, 0.15) is 0 Å². The monoisotopic (exact) mass is 208 g/mol. The van der Waals surface area contributed by atoms with Gasteiger partial charge in [-0.1, -0.05) is 24.8 Å². The highest BCUT2D eigenvalue weighted by atomic mass is 16.7. The fourth-order valence-corrected chi connectivity index (χ4v) is 2.51. The van der Waals surface area contributed by atoms with Crippen molar-refractivity contribution in [3.63, 3.8) is 0 Å². The molecule has 1 saturated carbocycles. The van der Waals surface area contributed by atoms with E-state index in [1.54, 1.807) is 0 Å². The van der Waals surface area contributed by atoms with Crippen molar-refractivity contribution < 1.29 is 9.47 Å². The van der Waals surface area contributed by atoms with E-state index in [1.807, 2.05) is 12.2 Å². The summed E-state index contributed by atoms with van der Waals surface area (Å²) in [5.74, 6) is 0.609. The summed E-state index contributed by atoms with van der Waals surface area (Å²) in [4.78, 5) is 0. The van der Waals surface area contributed by atoms with Crippen molar-refractivity contribution in [2.75, 3.05) is 13.2 Å². The summed E-state index contributed by atoms with van der Waals surface area (Å²) < 4.78 is 11.4. The quantitative estimate of drug-likeness (QED) is 0.664. The molecule has 2 fully saturated rings. The van der Waals surface area contributed by atoms with Gasteiger partial charge in [-0.2, -0.15) is 0 Å². The van der Waals surface area contributed by atoms with E-state index in [-0.39, 0.29) is 5.79 Å². The predicted molar refractivity (Wildman–Crippen MR) is 60.5 cm³/mol. The van der Waals surface area contributed by atoms with Crippen LogP contribution in [0.25, 0.3) is 0 Å². The van der Waals surface area contributed by atoms with Gasteiger partial charge in [-0.15, -0.1) is 0 Å². The Balaban J connectivity index is 1.76. The van der Waals surface area contributed by atoms with Gasteiger partial charge in [0.2, 0.25) is 0 Å². The molecule has 0 aromatic heterocycles. The molecule has 0 amide bonds. The van der Waals surface area contributed by atoms with Crippen LogP contribution in [-0.2, 0) is 9.47 Å².